The average molecular weight is 329 g/mol. The van der Waals surface area contributed by atoms with Crippen molar-refractivity contribution in [1.29, 1.82) is 0 Å². The zero-order valence-electron chi connectivity index (χ0n) is 12.8. The molecule has 1 aliphatic rings. The highest BCUT2D eigenvalue weighted by atomic mass is 32.2. The molecular weight excluding hydrogens is 310 g/mol. The Kier molecular flexibility index (Phi) is 4.50. The first-order valence-corrected chi connectivity index (χ1v) is 9.00. The molecule has 0 fully saturated rings. The van der Waals surface area contributed by atoms with Crippen molar-refractivity contribution in [1.82, 2.24) is 5.32 Å². The summed E-state index contributed by atoms with van der Waals surface area (Å²) in [4.78, 5) is 0.344. The fourth-order valence-electron chi connectivity index (χ4n) is 2.79. The fraction of sp³-hybridized carbons (Fsp3) is 0.222. The van der Waals surface area contributed by atoms with E-state index in [4.69, 9.17) is 4.74 Å². The molecule has 0 aromatic heterocycles. The number of rotatable bonds is 4. The molecule has 120 valence electrons. The van der Waals surface area contributed by atoms with Crippen molar-refractivity contribution in [3.63, 3.8) is 0 Å². The van der Waals surface area contributed by atoms with Gasteiger partial charge >= 0.3 is 0 Å². The molecule has 0 aliphatic carbocycles. The molecule has 0 amide bonds. The topological polar surface area (TPSA) is 55.4 Å². The van der Waals surface area contributed by atoms with Crippen LogP contribution < -0.4 is 10.1 Å². The molecule has 5 heteroatoms. The van der Waals surface area contributed by atoms with E-state index in [0.717, 1.165) is 11.3 Å². The number of sulfone groups is 1. The molecule has 2 atom stereocenters. The van der Waals surface area contributed by atoms with Crippen molar-refractivity contribution in [2.24, 2.45) is 0 Å². The predicted octanol–water partition coefficient (Wildman–Crippen LogP) is 2.74. The van der Waals surface area contributed by atoms with Gasteiger partial charge in [-0.15, -0.1) is 0 Å². The van der Waals surface area contributed by atoms with Crippen molar-refractivity contribution < 1.29 is 13.2 Å². The van der Waals surface area contributed by atoms with E-state index in [1.165, 1.54) is 0 Å². The Labute approximate surface area is 136 Å². The van der Waals surface area contributed by atoms with Crippen LogP contribution in [-0.2, 0) is 9.84 Å². The van der Waals surface area contributed by atoms with Crippen LogP contribution in [0.3, 0.4) is 0 Å². The Hall–Kier alpha value is -2.11. The standard InChI is InChI=1S/C18H19NO3S/c1-22-15-11-9-14(10-12-15)18-17(8-5-13-19-18)23(20,21)16-6-3-2-4-7-16/h2-12,17-19H,13H2,1H3/t17-,18+/m0/s1. The van der Waals surface area contributed by atoms with Crippen LogP contribution in [0.15, 0.2) is 71.6 Å². The summed E-state index contributed by atoms with van der Waals surface area (Å²) in [5, 5.41) is 2.66. The van der Waals surface area contributed by atoms with Crippen molar-refractivity contribution >= 4 is 9.84 Å². The third kappa shape index (κ3) is 3.16. The second kappa shape index (κ2) is 6.56. The third-order valence-electron chi connectivity index (χ3n) is 4.01. The molecule has 4 nitrogen and oxygen atoms in total. The van der Waals surface area contributed by atoms with E-state index in [9.17, 15) is 8.42 Å². The molecule has 2 aromatic carbocycles. The number of benzene rings is 2. The fourth-order valence-corrected chi connectivity index (χ4v) is 4.57. The zero-order chi connectivity index (χ0) is 16.3. The van der Waals surface area contributed by atoms with E-state index >= 15 is 0 Å². The monoisotopic (exact) mass is 329 g/mol. The molecule has 1 aliphatic heterocycles. The minimum absolute atomic E-state index is 0.281. The molecule has 0 spiro atoms. The summed E-state index contributed by atoms with van der Waals surface area (Å²) in [5.41, 5.74) is 0.930. The van der Waals surface area contributed by atoms with E-state index in [1.54, 1.807) is 37.5 Å². The van der Waals surface area contributed by atoms with Crippen LogP contribution in [-0.4, -0.2) is 27.3 Å². The van der Waals surface area contributed by atoms with Crippen LogP contribution in [0.5, 0.6) is 5.75 Å². The maximum Gasteiger partial charge on any atom is 0.186 e. The smallest absolute Gasteiger partial charge is 0.186 e. The van der Waals surface area contributed by atoms with Crippen LogP contribution in [0.1, 0.15) is 11.6 Å². The Morgan fingerprint density at radius 2 is 1.74 bits per heavy atom. The van der Waals surface area contributed by atoms with Crippen LogP contribution in [0.2, 0.25) is 0 Å². The van der Waals surface area contributed by atoms with Crippen molar-refractivity contribution in [2.45, 2.75) is 16.2 Å². The molecule has 1 N–H and O–H groups in total. The van der Waals surface area contributed by atoms with Crippen LogP contribution >= 0.6 is 0 Å². The lowest BCUT2D eigenvalue weighted by atomic mass is 10.0. The zero-order valence-corrected chi connectivity index (χ0v) is 13.7. The lowest BCUT2D eigenvalue weighted by Crippen LogP contribution is -2.39. The van der Waals surface area contributed by atoms with Crippen molar-refractivity contribution in [2.75, 3.05) is 13.7 Å². The van der Waals surface area contributed by atoms with Crippen LogP contribution in [0, 0.1) is 0 Å². The van der Waals surface area contributed by atoms with Gasteiger partial charge in [-0.05, 0) is 29.8 Å². The number of hydrogen-bond acceptors (Lipinski definition) is 4. The predicted molar refractivity (Wildman–Crippen MR) is 90.3 cm³/mol. The van der Waals surface area contributed by atoms with Gasteiger partial charge in [-0.2, -0.15) is 0 Å². The molecular formula is C18H19NO3S. The first kappa shape index (κ1) is 15.8. The highest BCUT2D eigenvalue weighted by Gasteiger charge is 2.34. The quantitative estimate of drug-likeness (QED) is 0.877. The minimum atomic E-state index is -3.46. The number of methoxy groups -OCH3 is 1. The molecule has 3 rings (SSSR count). The Bertz CT molecular complexity index is 783. The summed E-state index contributed by atoms with van der Waals surface area (Å²) in [7, 11) is -1.85. The van der Waals surface area contributed by atoms with Gasteiger partial charge < -0.3 is 10.1 Å². The van der Waals surface area contributed by atoms with Gasteiger partial charge in [0.1, 0.15) is 11.0 Å². The molecule has 0 bridgehead atoms. The van der Waals surface area contributed by atoms with Gasteiger partial charge in [0.2, 0.25) is 0 Å². The highest BCUT2D eigenvalue weighted by Crippen LogP contribution is 2.30. The van der Waals surface area contributed by atoms with Gasteiger partial charge in [0.05, 0.1) is 18.0 Å². The van der Waals surface area contributed by atoms with E-state index in [2.05, 4.69) is 5.32 Å². The molecule has 1 heterocycles. The first-order chi connectivity index (χ1) is 11.1. The third-order valence-corrected chi connectivity index (χ3v) is 6.09. The Balaban J connectivity index is 1.98. The number of nitrogens with one attached hydrogen (secondary N) is 1. The molecule has 23 heavy (non-hydrogen) atoms. The molecule has 0 saturated carbocycles. The minimum Gasteiger partial charge on any atom is -0.497 e. The first-order valence-electron chi connectivity index (χ1n) is 7.46. The molecule has 0 saturated heterocycles. The number of ether oxygens (including phenoxy) is 1. The van der Waals surface area contributed by atoms with Gasteiger partial charge in [0.25, 0.3) is 0 Å². The van der Waals surface area contributed by atoms with Gasteiger partial charge in [-0.1, -0.05) is 42.5 Å². The second-order valence-corrected chi connectivity index (χ2v) is 7.52. The summed E-state index contributed by atoms with van der Waals surface area (Å²) in [6.45, 7) is 0.650. The lowest BCUT2D eigenvalue weighted by Gasteiger charge is -2.29. The van der Waals surface area contributed by atoms with Gasteiger partial charge in [-0.3, -0.25) is 0 Å². The average Bonchev–Trinajstić information content (AvgIpc) is 2.62. The van der Waals surface area contributed by atoms with Crippen LogP contribution in [0.4, 0.5) is 0 Å². The molecule has 0 radical (unpaired) electrons. The van der Waals surface area contributed by atoms with Gasteiger partial charge in [-0.25, -0.2) is 8.42 Å². The molecule has 2 aromatic rings. The van der Waals surface area contributed by atoms with E-state index in [-0.39, 0.29) is 6.04 Å². The van der Waals surface area contributed by atoms with E-state index in [0.29, 0.717) is 11.4 Å². The highest BCUT2D eigenvalue weighted by molar-refractivity contribution is 7.92. The second-order valence-electron chi connectivity index (χ2n) is 5.41. The van der Waals surface area contributed by atoms with Gasteiger partial charge in [0, 0.05) is 6.54 Å². The maximum absolute atomic E-state index is 13.0. The van der Waals surface area contributed by atoms with Crippen molar-refractivity contribution in [3.05, 3.63) is 72.3 Å². The summed E-state index contributed by atoms with van der Waals surface area (Å²) in [5.74, 6) is 0.752. The Morgan fingerprint density at radius 3 is 2.39 bits per heavy atom. The summed E-state index contributed by atoms with van der Waals surface area (Å²) >= 11 is 0. The lowest BCUT2D eigenvalue weighted by molar-refractivity contribution is 0.414. The van der Waals surface area contributed by atoms with E-state index in [1.807, 2.05) is 36.4 Å². The van der Waals surface area contributed by atoms with Crippen molar-refractivity contribution in [3.8, 4) is 5.75 Å². The van der Waals surface area contributed by atoms with Crippen LogP contribution in [0.25, 0.3) is 0 Å². The molecule has 0 unspecified atom stereocenters. The summed E-state index contributed by atoms with van der Waals surface area (Å²) in [6.07, 6.45) is 3.65. The number of hydrogen-bond donors (Lipinski definition) is 1. The van der Waals surface area contributed by atoms with Gasteiger partial charge in [0.15, 0.2) is 9.84 Å². The summed E-state index contributed by atoms with van der Waals surface area (Å²) in [6, 6.07) is 15.8. The SMILES string of the molecule is COc1ccc([C@H]2NCC=C[C@@H]2S(=O)(=O)c2ccccc2)cc1. The van der Waals surface area contributed by atoms with E-state index < -0.39 is 15.1 Å². The largest absolute Gasteiger partial charge is 0.497 e. The Morgan fingerprint density at radius 1 is 1.04 bits per heavy atom. The normalized spacial score (nSPS) is 21.1. The maximum atomic E-state index is 13.0. The summed E-state index contributed by atoms with van der Waals surface area (Å²) < 4.78 is 31.1.